The molecular formula is C11H17N3O4S2. The fourth-order valence-corrected chi connectivity index (χ4v) is 3.07. The first-order valence-corrected chi connectivity index (χ1v) is 8.57. The molecule has 112 valence electrons. The lowest BCUT2D eigenvalue weighted by Crippen LogP contribution is -2.30. The highest BCUT2D eigenvalue weighted by molar-refractivity contribution is 7.99. The Morgan fingerprint density at radius 1 is 1.45 bits per heavy atom. The molecule has 0 bridgehead atoms. The number of rotatable bonds is 7. The van der Waals surface area contributed by atoms with E-state index in [1.807, 2.05) is 13.2 Å². The second-order valence-electron chi connectivity index (χ2n) is 4.09. The molecule has 0 heterocycles. The molecule has 0 saturated carbocycles. The maximum atomic E-state index is 12.1. The van der Waals surface area contributed by atoms with Crippen molar-refractivity contribution < 1.29 is 13.3 Å². The van der Waals surface area contributed by atoms with Crippen LogP contribution in [0, 0.1) is 10.1 Å². The smallest absolute Gasteiger partial charge is 0.291 e. The number of hydrogen-bond donors (Lipinski definition) is 2. The first-order chi connectivity index (χ1) is 9.31. The van der Waals surface area contributed by atoms with E-state index in [2.05, 4.69) is 10.0 Å². The minimum absolute atomic E-state index is 0.0837. The van der Waals surface area contributed by atoms with E-state index in [1.54, 1.807) is 7.05 Å². The summed E-state index contributed by atoms with van der Waals surface area (Å²) in [5.74, 6) is 0. The van der Waals surface area contributed by atoms with Crippen molar-refractivity contribution in [1.29, 1.82) is 0 Å². The van der Waals surface area contributed by atoms with Gasteiger partial charge in [0.05, 0.1) is 4.92 Å². The first kappa shape index (κ1) is 16.7. The summed E-state index contributed by atoms with van der Waals surface area (Å²) in [7, 11) is -2.30. The Kier molecular flexibility index (Phi) is 5.78. The van der Waals surface area contributed by atoms with Crippen LogP contribution in [-0.2, 0) is 10.0 Å². The van der Waals surface area contributed by atoms with E-state index in [4.69, 9.17) is 0 Å². The summed E-state index contributed by atoms with van der Waals surface area (Å²) < 4.78 is 26.6. The number of benzene rings is 1. The molecular weight excluding hydrogens is 302 g/mol. The minimum Gasteiger partial charge on any atom is -0.388 e. The summed E-state index contributed by atoms with van der Waals surface area (Å²) >= 11 is 1.51. The lowest BCUT2D eigenvalue weighted by molar-refractivity contribution is -0.387. The molecule has 0 aromatic heterocycles. The van der Waals surface area contributed by atoms with Crippen molar-refractivity contribution >= 4 is 33.2 Å². The van der Waals surface area contributed by atoms with Crippen LogP contribution in [-0.4, -0.2) is 38.4 Å². The van der Waals surface area contributed by atoms with Gasteiger partial charge in [0.15, 0.2) is 4.90 Å². The Bertz CT molecular complexity index is 589. The lowest BCUT2D eigenvalue weighted by Gasteiger charge is -2.11. The fraction of sp³-hybridized carbons (Fsp3) is 0.455. The normalized spacial score (nSPS) is 12.9. The van der Waals surface area contributed by atoms with E-state index in [0.29, 0.717) is 5.69 Å². The summed E-state index contributed by atoms with van der Waals surface area (Å²) in [6.07, 6.45) is 1.86. The standard InChI is InChI=1S/C11H17N3O4S2/c1-8(19-3)7-13-20(17,18)11-5-4-9(12-2)6-10(11)14(15)16/h4-6,8,12-13H,7H2,1-3H3. The fourth-order valence-electron chi connectivity index (χ4n) is 1.43. The Morgan fingerprint density at radius 3 is 2.60 bits per heavy atom. The molecule has 0 radical (unpaired) electrons. The van der Waals surface area contributed by atoms with Crippen molar-refractivity contribution in [2.75, 3.05) is 25.2 Å². The molecule has 9 heteroatoms. The number of nitrogens with one attached hydrogen (secondary N) is 2. The third-order valence-electron chi connectivity index (χ3n) is 2.70. The molecule has 0 fully saturated rings. The molecule has 20 heavy (non-hydrogen) atoms. The molecule has 0 saturated heterocycles. The zero-order chi connectivity index (χ0) is 15.3. The number of nitro groups is 1. The Labute approximate surface area is 122 Å². The van der Waals surface area contributed by atoms with Gasteiger partial charge in [0.25, 0.3) is 5.69 Å². The van der Waals surface area contributed by atoms with Gasteiger partial charge in [0.2, 0.25) is 10.0 Å². The molecule has 7 nitrogen and oxygen atoms in total. The largest absolute Gasteiger partial charge is 0.388 e. The highest BCUT2D eigenvalue weighted by Gasteiger charge is 2.26. The zero-order valence-corrected chi connectivity index (χ0v) is 13.0. The van der Waals surface area contributed by atoms with Crippen LogP contribution in [0.3, 0.4) is 0 Å². The number of hydrogen-bond acceptors (Lipinski definition) is 6. The Morgan fingerprint density at radius 2 is 2.10 bits per heavy atom. The van der Waals surface area contributed by atoms with Gasteiger partial charge in [0, 0.05) is 30.6 Å². The predicted molar refractivity (Wildman–Crippen MR) is 80.8 cm³/mol. The molecule has 1 unspecified atom stereocenters. The second kappa shape index (κ2) is 6.91. The van der Waals surface area contributed by atoms with Gasteiger partial charge in [-0.3, -0.25) is 10.1 Å². The maximum Gasteiger partial charge on any atom is 0.291 e. The molecule has 0 amide bonds. The Hall–Kier alpha value is -1.32. The highest BCUT2D eigenvalue weighted by Crippen LogP contribution is 2.27. The highest BCUT2D eigenvalue weighted by atomic mass is 32.2. The molecule has 0 aliphatic heterocycles. The van der Waals surface area contributed by atoms with Gasteiger partial charge in [-0.05, 0) is 18.4 Å². The van der Waals surface area contributed by atoms with Crippen molar-refractivity contribution in [3.63, 3.8) is 0 Å². The summed E-state index contributed by atoms with van der Waals surface area (Å²) in [6.45, 7) is 2.08. The molecule has 1 atom stereocenters. The van der Waals surface area contributed by atoms with Gasteiger partial charge >= 0.3 is 0 Å². The number of nitro benzene ring substituents is 1. The number of anilines is 1. The van der Waals surface area contributed by atoms with E-state index in [-0.39, 0.29) is 16.7 Å². The lowest BCUT2D eigenvalue weighted by atomic mass is 10.3. The van der Waals surface area contributed by atoms with Gasteiger partial charge in [-0.1, -0.05) is 6.92 Å². The van der Waals surface area contributed by atoms with E-state index in [0.717, 1.165) is 0 Å². The summed E-state index contributed by atoms with van der Waals surface area (Å²) in [5, 5.41) is 13.8. The average Bonchev–Trinajstić information content (AvgIpc) is 2.43. The number of thioether (sulfide) groups is 1. The van der Waals surface area contributed by atoms with Crippen LogP contribution in [0.1, 0.15) is 6.92 Å². The number of nitrogens with zero attached hydrogens (tertiary/aromatic N) is 1. The van der Waals surface area contributed by atoms with Crippen molar-refractivity contribution in [1.82, 2.24) is 4.72 Å². The SMILES string of the molecule is CNc1ccc(S(=O)(=O)NCC(C)SC)c([N+](=O)[O-])c1. The molecule has 1 aromatic rings. The summed E-state index contributed by atoms with van der Waals surface area (Å²) in [5.41, 5.74) is 0.0364. The van der Waals surface area contributed by atoms with Crippen molar-refractivity contribution in [2.24, 2.45) is 0 Å². The molecule has 0 spiro atoms. The topological polar surface area (TPSA) is 101 Å². The van der Waals surface area contributed by atoms with Crippen LogP contribution < -0.4 is 10.0 Å². The van der Waals surface area contributed by atoms with Crippen LogP contribution >= 0.6 is 11.8 Å². The first-order valence-electron chi connectivity index (χ1n) is 5.80. The zero-order valence-electron chi connectivity index (χ0n) is 11.4. The van der Waals surface area contributed by atoms with Crippen molar-refractivity contribution in [3.05, 3.63) is 28.3 Å². The van der Waals surface area contributed by atoms with Gasteiger partial charge in [0.1, 0.15) is 0 Å². The summed E-state index contributed by atoms with van der Waals surface area (Å²) in [4.78, 5) is 9.99. The molecule has 0 aliphatic rings. The quantitative estimate of drug-likeness (QED) is 0.585. The second-order valence-corrected chi connectivity index (χ2v) is 7.10. The molecule has 2 N–H and O–H groups in total. The van der Waals surface area contributed by atoms with E-state index in [9.17, 15) is 18.5 Å². The number of sulfonamides is 1. The maximum absolute atomic E-state index is 12.1. The summed E-state index contributed by atoms with van der Waals surface area (Å²) in [6, 6.07) is 3.92. The third kappa shape index (κ3) is 4.09. The third-order valence-corrected chi connectivity index (χ3v) is 5.14. The van der Waals surface area contributed by atoms with E-state index in [1.165, 1.54) is 30.0 Å². The molecule has 1 rings (SSSR count). The molecule has 0 aliphatic carbocycles. The predicted octanol–water partition coefficient (Wildman–Crippen LogP) is 1.67. The van der Waals surface area contributed by atoms with Crippen LogP contribution in [0.5, 0.6) is 0 Å². The van der Waals surface area contributed by atoms with Crippen molar-refractivity contribution in [2.45, 2.75) is 17.1 Å². The average molecular weight is 319 g/mol. The van der Waals surface area contributed by atoms with Crippen LogP contribution in [0.15, 0.2) is 23.1 Å². The monoisotopic (exact) mass is 319 g/mol. The van der Waals surface area contributed by atoms with Gasteiger partial charge < -0.3 is 5.32 Å². The van der Waals surface area contributed by atoms with Gasteiger partial charge in [-0.15, -0.1) is 0 Å². The van der Waals surface area contributed by atoms with Gasteiger partial charge in [-0.2, -0.15) is 11.8 Å². The van der Waals surface area contributed by atoms with Crippen molar-refractivity contribution in [3.8, 4) is 0 Å². The van der Waals surface area contributed by atoms with Gasteiger partial charge in [-0.25, -0.2) is 13.1 Å². The minimum atomic E-state index is -3.90. The van der Waals surface area contributed by atoms with E-state index < -0.39 is 20.6 Å². The van der Waals surface area contributed by atoms with Crippen LogP contribution in [0.2, 0.25) is 0 Å². The van der Waals surface area contributed by atoms with Crippen LogP contribution in [0.4, 0.5) is 11.4 Å². The molecule has 1 aromatic carbocycles. The van der Waals surface area contributed by atoms with Crippen LogP contribution in [0.25, 0.3) is 0 Å². The van der Waals surface area contributed by atoms with E-state index >= 15 is 0 Å². The Balaban J connectivity index is 3.14.